The van der Waals surface area contributed by atoms with Crippen molar-refractivity contribution in [2.24, 2.45) is 5.92 Å². The maximum Gasteiger partial charge on any atom is 0.308 e. The fourth-order valence-corrected chi connectivity index (χ4v) is 2.60. The quantitative estimate of drug-likeness (QED) is 0.746. The molecule has 0 saturated heterocycles. The predicted molar refractivity (Wildman–Crippen MR) is 68.0 cm³/mol. The minimum atomic E-state index is -0.0898. The largest absolute Gasteiger partial charge is 0.469 e. The van der Waals surface area contributed by atoms with Crippen LogP contribution in [-0.4, -0.2) is 13.1 Å². The molecule has 0 aromatic heterocycles. The summed E-state index contributed by atoms with van der Waals surface area (Å²) in [7, 11) is 1.47. The van der Waals surface area contributed by atoms with Crippen molar-refractivity contribution in [3.63, 3.8) is 0 Å². The number of methoxy groups -OCH3 is 1. The smallest absolute Gasteiger partial charge is 0.308 e. The van der Waals surface area contributed by atoms with Crippen LogP contribution in [0.25, 0.3) is 0 Å². The van der Waals surface area contributed by atoms with Crippen LogP contribution in [-0.2, 0) is 28.8 Å². The van der Waals surface area contributed by atoms with Crippen LogP contribution < -0.4 is 0 Å². The van der Waals surface area contributed by atoms with E-state index in [0.717, 1.165) is 12.8 Å². The van der Waals surface area contributed by atoms with Crippen LogP contribution in [0.2, 0.25) is 0 Å². The van der Waals surface area contributed by atoms with Gasteiger partial charge in [0.05, 0.1) is 13.0 Å². The van der Waals surface area contributed by atoms with E-state index in [0.29, 0.717) is 0 Å². The highest BCUT2D eigenvalue weighted by atomic mass is 16.5. The molecule has 2 heteroatoms. The molecule has 1 aromatic carbocycles. The third kappa shape index (κ3) is 2.68. The minimum Gasteiger partial charge on any atom is -0.469 e. The van der Waals surface area contributed by atoms with E-state index >= 15 is 0 Å². The summed E-state index contributed by atoms with van der Waals surface area (Å²) in [6.07, 6.45) is 5.31. The summed E-state index contributed by atoms with van der Waals surface area (Å²) in [6, 6.07) is 6.66. The third-order valence-electron chi connectivity index (χ3n) is 3.67. The van der Waals surface area contributed by atoms with Crippen LogP contribution in [0.4, 0.5) is 0 Å². The van der Waals surface area contributed by atoms with Crippen LogP contribution in [0.15, 0.2) is 18.2 Å². The Labute approximate surface area is 103 Å². The van der Waals surface area contributed by atoms with Crippen LogP contribution in [0, 0.1) is 5.92 Å². The van der Waals surface area contributed by atoms with E-state index in [-0.39, 0.29) is 11.9 Å². The molecule has 0 saturated carbocycles. The molecule has 0 amide bonds. The van der Waals surface area contributed by atoms with Crippen molar-refractivity contribution in [3.8, 4) is 0 Å². The molecule has 0 spiro atoms. The molecule has 17 heavy (non-hydrogen) atoms. The summed E-state index contributed by atoms with van der Waals surface area (Å²) in [5, 5.41) is 0. The predicted octanol–water partition coefficient (Wildman–Crippen LogP) is 2.92. The van der Waals surface area contributed by atoms with Crippen LogP contribution in [0.3, 0.4) is 0 Å². The number of fused-ring (bicyclic) bond motifs is 1. The molecular formula is C15H20O2. The second kappa shape index (κ2) is 5.35. The molecular weight excluding hydrogens is 212 g/mol. The van der Waals surface area contributed by atoms with Crippen molar-refractivity contribution in [2.45, 2.75) is 39.0 Å². The molecule has 2 nitrogen and oxygen atoms in total. The van der Waals surface area contributed by atoms with Crippen molar-refractivity contribution < 1.29 is 9.53 Å². The van der Waals surface area contributed by atoms with E-state index in [1.807, 2.05) is 6.92 Å². The zero-order valence-corrected chi connectivity index (χ0v) is 10.7. The van der Waals surface area contributed by atoms with E-state index in [2.05, 4.69) is 18.2 Å². The number of esters is 1. The molecule has 0 N–H and O–H groups in total. The summed E-state index contributed by atoms with van der Waals surface area (Å²) >= 11 is 0. The van der Waals surface area contributed by atoms with Crippen molar-refractivity contribution in [3.05, 3.63) is 34.9 Å². The average Bonchev–Trinajstić information content (AvgIpc) is 2.82. The van der Waals surface area contributed by atoms with Crippen molar-refractivity contribution in [1.82, 2.24) is 0 Å². The summed E-state index contributed by atoms with van der Waals surface area (Å²) in [4.78, 5) is 11.6. The monoisotopic (exact) mass is 232 g/mol. The second-order valence-corrected chi connectivity index (χ2v) is 4.79. The van der Waals surface area contributed by atoms with Gasteiger partial charge in [-0.15, -0.1) is 0 Å². The third-order valence-corrected chi connectivity index (χ3v) is 3.67. The van der Waals surface area contributed by atoms with E-state index in [1.54, 1.807) is 0 Å². The summed E-state index contributed by atoms with van der Waals surface area (Å²) in [5.41, 5.74) is 4.23. The fourth-order valence-electron chi connectivity index (χ4n) is 2.60. The highest BCUT2D eigenvalue weighted by Crippen LogP contribution is 2.24. The van der Waals surface area contributed by atoms with Gasteiger partial charge in [-0.1, -0.05) is 25.1 Å². The first-order valence-electron chi connectivity index (χ1n) is 6.43. The van der Waals surface area contributed by atoms with Gasteiger partial charge in [0, 0.05) is 0 Å². The van der Waals surface area contributed by atoms with Crippen LogP contribution >= 0.6 is 0 Å². The molecule has 1 aliphatic rings. The number of carbonyl (C=O) groups excluding carboxylic acids is 1. The number of rotatable bonds is 4. The Morgan fingerprint density at radius 2 is 2.12 bits per heavy atom. The van der Waals surface area contributed by atoms with E-state index in [1.165, 1.54) is 43.1 Å². The zero-order chi connectivity index (χ0) is 12.3. The molecule has 0 radical (unpaired) electrons. The standard InChI is InChI=1S/C15H20O2/c1-3-12(15(16)17-2)9-11-7-8-13-5-4-6-14(13)10-11/h7-8,10,12H,3-6,9H2,1-2H3. The number of aryl methyl sites for hydroxylation is 2. The lowest BCUT2D eigenvalue weighted by molar-refractivity contribution is -0.145. The molecule has 1 aromatic rings. The van der Waals surface area contributed by atoms with E-state index < -0.39 is 0 Å². The SMILES string of the molecule is CCC(Cc1ccc2c(c1)CCC2)C(=O)OC. The second-order valence-electron chi connectivity index (χ2n) is 4.79. The first-order chi connectivity index (χ1) is 8.24. The molecule has 1 unspecified atom stereocenters. The fraction of sp³-hybridized carbons (Fsp3) is 0.533. The van der Waals surface area contributed by atoms with Gasteiger partial charge >= 0.3 is 5.97 Å². The molecule has 1 aliphatic carbocycles. The number of benzene rings is 1. The first-order valence-corrected chi connectivity index (χ1v) is 6.43. The Balaban J connectivity index is 2.10. The van der Waals surface area contributed by atoms with Gasteiger partial charge in [-0.2, -0.15) is 0 Å². The number of hydrogen-bond donors (Lipinski definition) is 0. The lowest BCUT2D eigenvalue weighted by Crippen LogP contribution is -2.17. The van der Waals surface area contributed by atoms with Crippen LogP contribution in [0.1, 0.15) is 36.5 Å². The van der Waals surface area contributed by atoms with E-state index in [9.17, 15) is 4.79 Å². The zero-order valence-electron chi connectivity index (χ0n) is 10.7. The normalized spacial score (nSPS) is 15.4. The molecule has 2 rings (SSSR count). The number of hydrogen-bond acceptors (Lipinski definition) is 2. The molecule has 0 fully saturated rings. The van der Waals surface area contributed by atoms with Gasteiger partial charge in [-0.25, -0.2) is 0 Å². The van der Waals surface area contributed by atoms with Crippen molar-refractivity contribution >= 4 is 5.97 Å². The van der Waals surface area contributed by atoms with Crippen LogP contribution in [0.5, 0.6) is 0 Å². The molecule has 92 valence electrons. The highest BCUT2D eigenvalue weighted by molar-refractivity contribution is 5.72. The van der Waals surface area contributed by atoms with Gasteiger partial charge in [0.15, 0.2) is 0 Å². The molecule has 0 heterocycles. The first kappa shape index (κ1) is 12.2. The maximum absolute atomic E-state index is 11.6. The van der Waals surface area contributed by atoms with Gasteiger partial charge in [0.1, 0.15) is 0 Å². The number of ether oxygens (including phenoxy) is 1. The topological polar surface area (TPSA) is 26.3 Å². The Kier molecular flexibility index (Phi) is 3.82. The number of carbonyl (C=O) groups is 1. The van der Waals surface area contributed by atoms with Crippen molar-refractivity contribution in [2.75, 3.05) is 7.11 Å². The Bertz CT molecular complexity index is 409. The summed E-state index contributed by atoms with van der Waals surface area (Å²) in [5.74, 6) is -0.0903. The van der Waals surface area contributed by atoms with Gasteiger partial charge in [-0.3, -0.25) is 4.79 Å². The van der Waals surface area contributed by atoms with Gasteiger partial charge in [0.2, 0.25) is 0 Å². The molecule has 0 bridgehead atoms. The Morgan fingerprint density at radius 3 is 2.82 bits per heavy atom. The Morgan fingerprint density at radius 1 is 1.35 bits per heavy atom. The maximum atomic E-state index is 11.6. The van der Waals surface area contributed by atoms with Gasteiger partial charge < -0.3 is 4.74 Å². The van der Waals surface area contributed by atoms with Crippen molar-refractivity contribution in [1.29, 1.82) is 0 Å². The minimum absolute atomic E-state index is 0.000506. The molecule has 1 atom stereocenters. The lowest BCUT2D eigenvalue weighted by Gasteiger charge is -2.13. The lowest BCUT2D eigenvalue weighted by atomic mass is 9.95. The summed E-state index contributed by atoms with van der Waals surface area (Å²) < 4.78 is 4.83. The Hall–Kier alpha value is -1.31. The summed E-state index contributed by atoms with van der Waals surface area (Å²) in [6.45, 7) is 2.04. The molecule has 0 aliphatic heterocycles. The van der Waals surface area contributed by atoms with E-state index in [4.69, 9.17) is 4.74 Å². The highest BCUT2D eigenvalue weighted by Gasteiger charge is 2.18. The van der Waals surface area contributed by atoms with Gasteiger partial charge in [0.25, 0.3) is 0 Å². The average molecular weight is 232 g/mol. The van der Waals surface area contributed by atoms with Gasteiger partial charge in [-0.05, 0) is 48.8 Å².